The van der Waals surface area contributed by atoms with Gasteiger partial charge in [0.2, 0.25) is 0 Å². The van der Waals surface area contributed by atoms with Gasteiger partial charge in [-0.1, -0.05) is 0 Å². The van der Waals surface area contributed by atoms with Crippen LogP contribution in [0.15, 0.2) is 22.8 Å². The fraction of sp³-hybridized carbons (Fsp3) is 0.571. The molecule has 1 atom stereocenters. The molecule has 3 N–H and O–H groups in total. The van der Waals surface area contributed by atoms with Crippen LogP contribution in [0, 0.1) is 5.92 Å². The highest BCUT2D eigenvalue weighted by Crippen LogP contribution is 2.21. The van der Waals surface area contributed by atoms with Crippen molar-refractivity contribution in [3.05, 3.63) is 24.2 Å². The van der Waals surface area contributed by atoms with Crippen molar-refractivity contribution in [1.29, 1.82) is 0 Å². The van der Waals surface area contributed by atoms with Gasteiger partial charge in [-0.3, -0.25) is 0 Å². The van der Waals surface area contributed by atoms with E-state index in [2.05, 4.69) is 10.6 Å². The summed E-state index contributed by atoms with van der Waals surface area (Å²) in [6.07, 6.45) is 3.17. The van der Waals surface area contributed by atoms with Crippen LogP contribution in [0.2, 0.25) is 0 Å². The van der Waals surface area contributed by atoms with E-state index in [4.69, 9.17) is 9.15 Å². The van der Waals surface area contributed by atoms with Crippen molar-refractivity contribution >= 4 is 12.0 Å². The Balaban J connectivity index is 1.91. The van der Waals surface area contributed by atoms with Crippen LogP contribution in [0.25, 0.3) is 0 Å². The summed E-state index contributed by atoms with van der Waals surface area (Å²) in [6, 6.07) is 2.58. The van der Waals surface area contributed by atoms with Crippen LogP contribution < -0.4 is 10.6 Å². The molecule has 2 amide bonds. The molecule has 7 heteroatoms. The molecule has 2 heterocycles. The topological polar surface area (TPSA) is 101 Å². The summed E-state index contributed by atoms with van der Waals surface area (Å²) < 4.78 is 10.4. The molecule has 7 nitrogen and oxygen atoms in total. The molecular weight excluding hydrogens is 276 g/mol. The zero-order chi connectivity index (χ0) is 15.3. The van der Waals surface area contributed by atoms with E-state index in [1.54, 1.807) is 6.07 Å². The van der Waals surface area contributed by atoms with Crippen LogP contribution in [0.1, 0.15) is 25.5 Å². The molecule has 1 saturated heterocycles. The van der Waals surface area contributed by atoms with E-state index in [1.165, 1.54) is 19.3 Å². The van der Waals surface area contributed by atoms with E-state index >= 15 is 0 Å². The minimum absolute atomic E-state index is 0.177. The summed E-state index contributed by atoms with van der Waals surface area (Å²) >= 11 is 0. The lowest BCUT2D eigenvalue weighted by atomic mass is 9.99. The molecule has 0 bridgehead atoms. The highest BCUT2D eigenvalue weighted by Gasteiger charge is 2.39. The number of carbonyl (C=O) groups is 2. The maximum absolute atomic E-state index is 11.9. The van der Waals surface area contributed by atoms with Gasteiger partial charge < -0.3 is 24.9 Å². The fourth-order valence-corrected chi connectivity index (χ4v) is 2.24. The number of carboxylic acid groups (broad SMARTS) is 1. The molecule has 21 heavy (non-hydrogen) atoms. The molecule has 0 aromatic carbocycles. The Morgan fingerprint density at radius 1 is 1.43 bits per heavy atom. The quantitative estimate of drug-likeness (QED) is 0.760. The first-order chi connectivity index (χ1) is 10.0. The summed E-state index contributed by atoms with van der Waals surface area (Å²) in [4.78, 5) is 23.4. The summed E-state index contributed by atoms with van der Waals surface area (Å²) in [5, 5.41) is 14.5. The van der Waals surface area contributed by atoms with Crippen LogP contribution in [0.5, 0.6) is 0 Å². The van der Waals surface area contributed by atoms with Crippen LogP contribution in [0.3, 0.4) is 0 Å². The standard InChI is InChI=1S/C14H20N2O5/c1-14(12(17)18,11-3-2-6-21-11)16-13(19)15-9-10-4-7-20-8-5-10/h2-3,6,10H,4-5,7-9H2,1H3,(H,17,18)(H2,15,16,19). The number of rotatable bonds is 5. The highest BCUT2D eigenvalue weighted by molar-refractivity contribution is 5.86. The van der Waals surface area contributed by atoms with Gasteiger partial charge in [-0.2, -0.15) is 0 Å². The van der Waals surface area contributed by atoms with Crippen LogP contribution in [0.4, 0.5) is 4.79 Å². The second-order valence-electron chi connectivity index (χ2n) is 5.30. The largest absolute Gasteiger partial charge is 0.479 e. The van der Waals surface area contributed by atoms with Gasteiger partial charge in [0, 0.05) is 19.8 Å². The van der Waals surface area contributed by atoms with Crippen molar-refractivity contribution in [2.75, 3.05) is 19.8 Å². The third-order valence-corrected chi connectivity index (χ3v) is 3.70. The van der Waals surface area contributed by atoms with Crippen molar-refractivity contribution in [1.82, 2.24) is 10.6 Å². The maximum atomic E-state index is 11.9. The molecule has 0 saturated carbocycles. The predicted molar refractivity (Wildman–Crippen MR) is 73.8 cm³/mol. The summed E-state index contributed by atoms with van der Waals surface area (Å²) in [5.74, 6) is -0.640. The third kappa shape index (κ3) is 3.75. The van der Waals surface area contributed by atoms with E-state index < -0.39 is 17.5 Å². The van der Waals surface area contributed by atoms with Gasteiger partial charge in [0.15, 0.2) is 5.54 Å². The smallest absolute Gasteiger partial charge is 0.337 e. The first-order valence-electron chi connectivity index (χ1n) is 6.93. The van der Waals surface area contributed by atoms with Gasteiger partial charge in [-0.25, -0.2) is 9.59 Å². The molecule has 1 aromatic rings. The lowest BCUT2D eigenvalue weighted by Gasteiger charge is -2.26. The predicted octanol–water partition coefficient (Wildman–Crippen LogP) is 1.31. The fourth-order valence-electron chi connectivity index (χ4n) is 2.24. The van der Waals surface area contributed by atoms with Gasteiger partial charge in [-0.05, 0) is 37.8 Å². The number of urea groups is 1. The Bertz CT molecular complexity index is 482. The molecule has 1 unspecified atom stereocenters. The van der Waals surface area contributed by atoms with E-state index in [0.29, 0.717) is 25.7 Å². The number of hydrogen-bond acceptors (Lipinski definition) is 4. The average molecular weight is 296 g/mol. The number of ether oxygens (including phenoxy) is 1. The number of aliphatic carboxylic acids is 1. The van der Waals surface area contributed by atoms with Gasteiger partial charge in [0.05, 0.1) is 6.26 Å². The molecule has 116 valence electrons. The number of amides is 2. The molecular formula is C14H20N2O5. The van der Waals surface area contributed by atoms with Crippen molar-refractivity contribution < 1.29 is 23.8 Å². The Morgan fingerprint density at radius 3 is 2.71 bits per heavy atom. The second kappa shape index (κ2) is 6.62. The second-order valence-corrected chi connectivity index (χ2v) is 5.30. The molecule has 0 aliphatic carbocycles. The van der Waals surface area contributed by atoms with Gasteiger partial charge in [0.25, 0.3) is 0 Å². The lowest BCUT2D eigenvalue weighted by molar-refractivity contribution is -0.144. The minimum Gasteiger partial charge on any atom is -0.479 e. The summed E-state index contributed by atoms with van der Waals surface area (Å²) in [6.45, 7) is 3.30. The van der Waals surface area contributed by atoms with E-state index in [1.807, 2.05) is 0 Å². The van der Waals surface area contributed by atoms with E-state index in [-0.39, 0.29) is 5.76 Å². The first kappa shape index (κ1) is 15.4. The zero-order valence-corrected chi connectivity index (χ0v) is 11.9. The third-order valence-electron chi connectivity index (χ3n) is 3.70. The maximum Gasteiger partial charge on any atom is 0.337 e. The van der Waals surface area contributed by atoms with E-state index in [9.17, 15) is 14.7 Å². The normalized spacial score (nSPS) is 18.7. The lowest BCUT2D eigenvalue weighted by Crippen LogP contribution is -2.53. The number of carboxylic acids is 1. The molecule has 0 spiro atoms. The van der Waals surface area contributed by atoms with Crippen molar-refractivity contribution in [3.8, 4) is 0 Å². The van der Waals surface area contributed by atoms with Gasteiger partial charge in [-0.15, -0.1) is 0 Å². The molecule has 1 aromatic heterocycles. The average Bonchev–Trinajstić information content (AvgIpc) is 3.00. The zero-order valence-electron chi connectivity index (χ0n) is 11.9. The Labute approximate surface area is 122 Å². The molecule has 1 aliphatic heterocycles. The number of nitrogens with one attached hydrogen (secondary N) is 2. The SMILES string of the molecule is CC(NC(=O)NCC1CCOCC1)(C(=O)O)c1ccco1. The van der Waals surface area contributed by atoms with Crippen molar-refractivity contribution in [2.45, 2.75) is 25.3 Å². The van der Waals surface area contributed by atoms with Crippen molar-refractivity contribution in [2.24, 2.45) is 5.92 Å². The monoisotopic (exact) mass is 296 g/mol. The Kier molecular flexibility index (Phi) is 4.85. The number of carbonyl (C=O) groups excluding carboxylic acids is 1. The van der Waals surface area contributed by atoms with Crippen LogP contribution in [-0.2, 0) is 15.1 Å². The number of hydrogen-bond donors (Lipinski definition) is 3. The van der Waals surface area contributed by atoms with Gasteiger partial charge >= 0.3 is 12.0 Å². The summed E-state index contributed by atoms with van der Waals surface area (Å²) in [5.41, 5.74) is -1.59. The Morgan fingerprint density at radius 2 is 2.14 bits per heavy atom. The first-order valence-corrected chi connectivity index (χ1v) is 6.93. The molecule has 1 fully saturated rings. The van der Waals surface area contributed by atoms with E-state index in [0.717, 1.165) is 12.8 Å². The highest BCUT2D eigenvalue weighted by atomic mass is 16.5. The summed E-state index contributed by atoms with van der Waals surface area (Å²) in [7, 11) is 0. The Hall–Kier alpha value is -2.02. The van der Waals surface area contributed by atoms with Gasteiger partial charge in [0.1, 0.15) is 5.76 Å². The minimum atomic E-state index is -1.59. The van der Waals surface area contributed by atoms with Crippen molar-refractivity contribution in [3.63, 3.8) is 0 Å². The molecule has 0 radical (unpaired) electrons. The number of furan rings is 1. The van der Waals surface area contributed by atoms with Crippen LogP contribution in [-0.4, -0.2) is 36.9 Å². The van der Waals surface area contributed by atoms with Crippen LogP contribution >= 0.6 is 0 Å². The molecule has 2 rings (SSSR count). The molecule has 1 aliphatic rings.